The minimum atomic E-state index is -0.249. The molecule has 0 aliphatic heterocycles. The Morgan fingerprint density at radius 1 is 1.19 bits per heavy atom. The standard InChI is InChI=1S/C20H20N4O2S/c1-3-18-22-23(12-19(25)21-11-14-6-4-13(2)5-7-14)20(26)16-10-17-15(24(16)18)8-9-27-17/h4-10H,3,11-12H2,1-2H3,(H,21,25). The Labute approximate surface area is 160 Å². The van der Waals surface area contributed by atoms with Crippen LogP contribution in [-0.2, 0) is 24.3 Å². The van der Waals surface area contributed by atoms with E-state index in [2.05, 4.69) is 10.4 Å². The number of nitrogens with one attached hydrogen (secondary N) is 1. The number of thiophene rings is 1. The van der Waals surface area contributed by atoms with Gasteiger partial charge < -0.3 is 5.32 Å². The molecule has 0 aliphatic rings. The number of fused-ring (bicyclic) bond motifs is 3. The fourth-order valence-corrected chi connectivity index (χ4v) is 3.96. The lowest BCUT2D eigenvalue weighted by atomic mass is 10.1. The van der Waals surface area contributed by atoms with Crippen molar-refractivity contribution in [3.8, 4) is 0 Å². The molecule has 0 aliphatic carbocycles. The third kappa shape index (κ3) is 3.26. The van der Waals surface area contributed by atoms with Crippen LogP contribution in [0.4, 0.5) is 0 Å². The molecule has 7 heteroatoms. The number of hydrogen-bond acceptors (Lipinski definition) is 4. The summed E-state index contributed by atoms with van der Waals surface area (Å²) in [7, 11) is 0. The largest absolute Gasteiger partial charge is 0.350 e. The summed E-state index contributed by atoms with van der Waals surface area (Å²) in [4.78, 5) is 25.2. The average Bonchev–Trinajstić information content (AvgIpc) is 3.25. The zero-order valence-corrected chi connectivity index (χ0v) is 16.0. The Hall–Kier alpha value is -2.93. The molecule has 0 radical (unpaired) electrons. The minimum Gasteiger partial charge on any atom is -0.350 e. The van der Waals surface area contributed by atoms with E-state index >= 15 is 0 Å². The van der Waals surface area contributed by atoms with Crippen LogP contribution in [0.25, 0.3) is 15.7 Å². The second kappa shape index (κ2) is 7.00. The van der Waals surface area contributed by atoms with E-state index in [0.717, 1.165) is 21.6 Å². The molecule has 0 spiro atoms. The van der Waals surface area contributed by atoms with Crippen molar-refractivity contribution in [3.05, 3.63) is 69.1 Å². The highest BCUT2D eigenvalue weighted by molar-refractivity contribution is 7.17. The van der Waals surface area contributed by atoms with Crippen LogP contribution in [0.15, 0.2) is 46.6 Å². The predicted molar refractivity (Wildman–Crippen MR) is 107 cm³/mol. The van der Waals surface area contributed by atoms with Crippen molar-refractivity contribution in [2.75, 3.05) is 0 Å². The molecule has 0 fully saturated rings. The number of carbonyl (C=O) groups is 1. The van der Waals surface area contributed by atoms with E-state index in [4.69, 9.17) is 0 Å². The average molecular weight is 380 g/mol. The van der Waals surface area contributed by atoms with Gasteiger partial charge >= 0.3 is 0 Å². The molecule has 1 aromatic carbocycles. The molecule has 0 saturated carbocycles. The second-order valence-electron chi connectivity index (χ2n) is 6.53. The number of aromatic nitrogens is 3. The quantitative estimate of drug-likeness (QED) is 0.579. The molecular formula is C20H20N4O2S. The first-order chi connectivity index (χ1) is 13.1. The lowest BCUT2D eigenvalue weighted by Crippen LogP contribution is -2.35. The summed E-state index contributed by atoms with van der Waals surface area (Å²) in [5, 5.41) is 9.30. The summed E-state index contributed by atoms with van der Waals surface area (Å²) < 4.78 is 4.21. The zero-order chi connectivity index (χ0) is 19.0. The van der Waals surface area contributed by atoms with E-state index in [-0.39, 0.29) is 18.0 Å². The highest BCUT2D eigenvalue weighted by atomic mass is 32.1. The lowest BCUT2D eigenvalue weighted by Gasteiger charge is -2.10. The van der Waals surface area contributed by atoms with Crippen molar-refractivity contribution >= 4 is 33.0 Å². The van der Waals surface area contributed by atoms with Gasteiger partial charge in [0.25, 0.3) is 5.56 Å². The molecule has 6 nitrogen and oxygen atoms in total. The summed E-state index contributed by atoms with van der Waals surface area (Å²) in [6, 6.07) is 11.8. The summed E-state index contributed by atoms with van der Waals surface area (Å²) in [5.41, 5.74) is 3.50. The van der Waals surface area contributed by atoms with Crippen molar-refractivity contribution in [1.82, 2.24) is 19.5 Å². The summed E-state index contributed by atoms with van der Waals surface area (Å²) in [6.45, 7) is 4.35. The molecule has 4 rings (SSSR count). The molecule has 3 heterocycles. The van der Waals surface area contributed by atoms with Crippen molar-refractivity contribution in [2.45, 2.75) is 33.4 Å². The Bertz CT molecular complexity index is 1180. The summed E-state index contributed by atoms with van der Waals surface area (Å²) in [5.74, 6) is 0.536. The highest BCUT2D eigenvalue weighted by Crippen LogP contribution is 2.24. The van der Waals surface area contributed by atoms with Gasteiger partial charge in [0.2, 0.25) is 5.91 Å². The van der Waals surface area contributed by atoms with Gasteiger partial charge in [-0.15, -0.1) is 11.3 Å². The SMILES string of the molecule is CCc1nn(CC(=O)NCc2ccc(C)cc2)c(=O)c2cc3sccc3n12. The van der Waals surface area contributed by atoms with E-state index in [1.54, 1.807) is 11.3 Å². The van der Waals surface area contributed by atoms with Gasteiger partial charge in [0, 0.05) is 13.0 Å². The number of aryl methyl sites for hydroxylation is 2. The van der Waals surface area contributed by atoms with E-state index < -0.39 is 0 Å². The Morgan fingerprint density at radius 2 is 1.96 bits per heavy atom. The molecule has 0 atom stereocenters. The van der Waals surface area contributed by atoms with Gasteiger partial charge in [-0.3, -0.25) is 14.0 Å². The Morgan fingerprint density at radius 3 is 2.70 bits per heavy atom. The number of hydrogen-bond donors (Lipinski definition) is 1. The smallest absolute Gasteiger partial charge is 0.291 e. The first kappa shape index (κ1) is 17.5. The molecule has 0 bridgehead atoms. The van der Waals surface area contributed by atoms with E-state index in [0.29, 0.717) is 18.5 Å². The van der Waals surface area contributed by atoms with Gasteiger partial charge in [-0.1, -0.05) is 36.8 Å². The normalized spacial score (nSPS) is 11.3. The first-order valence-electron chi connectivity index (χ1n) is 8.87. The van der Waals surface area contributed by atoms with Crippen LogP contribution in [0.2, 0.25) is 0 Å². The molecule has 0 unspecified atom stereocenters. The fourth-order valence-electron chi connectivity index (χ4n) is 3.16. The lowest BCUT2D eigenvalue weighted by molar-refractivity contribution is -0.122. The van der Waals surface area contributed by atoms with Crippen molar-refractivity contribution in [2.24, 2.45) is 0 Å². The molecule has 27 heavy (non-hydrogen) atoms. The Balaban J connectivity index is 1.59. The van der Waals surface area contributed by atoms with Crippen LogP contribution in [0.3, 0.4) is 0 Å². The molecule has 0 saturated heterocycles. The third-order valence-corrected chi connectivity index (χ3v) is 5.44. The van der Waals surface area contributed by atoms with Crippen LogP contribution in [0.5, 0.6) is 0 Å². The van der Waals surface area contributed by atoms with Crippen molar-refractivity contribution in [1.29, 1.82) is 0 Å². The maximum absolute atomic E-state index is 12.8. The minimum absolute atomic E-state index is 0.0903. The van der Waals surface area contributed by atoms with Crippen LogP contribution >= 0.6 is 11.3 Å². The molecule has 3 aromatic heterocycles. The van der Waals surface area contributed by atoms with Gasteiger partial charge in [-0.25, -0.2) is 4.68 Å². The van der Waals surface area contributed by atoms with Gasteiger partial charge in [0.05, 0.1) is 10.2 Å². The topological polar surface area (TPSA) is 68.4 Å². The van der Waals surface area contributed by atoms with Gasteiger partial charge in [0.15, 0.2) is 0 Å². The number of nitrogens with zero attached hydrogens (tertiary/aromatic N) is 3. The zero-order valence-electron chi connectivity index (χ0n) is 15.2. The van der Waals surface area contributed by atoms with Crippen LogP contribution in [0, 0.1) is 6.92 Å². The first-order valence-corrected chi connectivity index (χ1v) is 9.75. The van der Waals surface area contributed by atoms with Crippen molar-refractivity contribution < 1.29 is 4.79 Å². The van der Waals surface area contributed by atoms with Crippen LogP contribution < -0.4 is 10.9 Å². The maximum Gasteiger partial charge on any atom is 0.291 e. The number of carbonyl (C=O) groups excluding carboxylic acids is 1. The molecule has 138 valence electrons. The van der Waals surface area contributed by atoms with Crippen LogP contribution in [-0.4, -0.2) is 20.1 Å². The van der Waals surface area contributed by atoms with E-state index in [1.165, 1.54) is 10.2 Å². The summed E-state index contributed by atoms with van der Waals surface area (Å²) >= 11 is 1.59. The van der Waals surface area contributed by atoms with Gasteiger partial charge in [-0.05, 0) is 30.0 Å². The molecule has 4 aromatic rings. The second-order valence-corrected chi connectivity index (χ2v) is 7.48. The number of rotatable bonds is 5. The van der Waals surface area contributed by atoms with Gasteiger partial charge in [-0.2, -0.15) is 5.10 Å². The Kier molecular flexibility index (Phi) is 4.53. The predicted octanol–water partition coefficient (Wildman–Crippen LogP) is 2.90. The number of benzene rings is 1. The number of amides is 1. The van der Waals surface area contributed by atoms with E-state index in [9.17, 15) is 9.59 Å². The molecular weight excluding hydrogens is 360 g/mol. The van der Waals surface area contributed by atoms with E-state index in [1.807, 2.05) is 60.0 Å². The summed E-state index contributed by atoms with van der Waals surface area (Å²) in [6.07, 6.45) is 0.668. The third-order valence-electron chi connectivity index (χ3n) is 4.59. The van der Waals surface area contributed by atoms with Crippen LogP contribution in [0.1, 0.15) is 23.9 Å². The fraction of sp³-hybridized carbons (Fsp3) is 0.250. The molecule has 1 N–H and O–H groups in total. The van der Waals surface area contributed by atoms with Gasteiger partial charge in [0.1, 0.15) is 17.9 Å². The monoisotopic (exact) mass is 380 g/mol. The maximum atomic E-state index is 12.8. The molecule has 1 amide bonds. The van der Waals surface area contributed by atoms with Crippen molar-refractivity contribution in [3.63, 3.8) is 0 Å². The highest BCUT2D eigenvalue weighted by Gasteiger charge is 2.15.